The predicted molar refractivity (Wildman–Crippen MR) is 95.0 cm³/mol. The molecule has 4 aromatic rings. The smallest absolute Gasteiger partial charge is 0.265 e. The van der Waals surface area contributed by atoms with Crippen molar-refractivity contribution in [3.05, 3.63) is 57.3 Å². The molecule has 4 rings (SSSR count). The summed E-state index contributed by atoms with van der Waals surface area (Å²) in [6, 6.07) is 9.39. The van der Waals surface area contributed by atoms with E-state index in [-0.39, 0.29) is 11.5 Å². The molecule has 4 N–H and O–H groups in total. The molecule has 0 spiro atoms. The molecule has 0 aliphatic rings. The monoisotopic (exact) mass is 347 g/mol. The minimum absolute atomic E-state index is 0.265. The fraction of sp³-hybridized carbons (Fsp3) is 0.0625. The van der Waals surface area contributed by atoms with Gasteiger partial charge >= 0.3 is 0 Å². The highest BCUT2D eigenvalue weighted by atomic mass is 16.1. The third kappa shape index (κ3) is 2.19. The van der Waals surface area contributed by atoms with E-state index in [2.05, 4.69) is 32.1 Å². The van der Waals surface area contributed by atoms with Crippen molar-refractivity contribution in [2.75, 3.05) is 11.3 Å². The second-order valence-electron chi connectivity index (χ2n) is 5.57. The first-order valence-corrected chi connectivity index (χ1v) is 7.62. The summed E-state index contributed by atoms with van der Waals surface area (Å²) in [4.78, 5) is 17.4. The molecular formula is C16H13N9O. The van der Waals surface area contributed by atoms with Gasteiger partial charge in [0.1, 0.15) is 12.4 Å². The topological polar surface area (TPSA) is 139 Å². The maximum Gasteiger partial charge on any atom is 0.265 e. The lowest BCUT2D eigenvalue weighted by atomic mass is 10.1. The SMILES string of the molecule is Cc1c(C#N)c2nc3ccccc3n2c(=O)/c1=C/NNc1nncn1N. The van der Waals surface area contributed by atoms with E-state index in [9.17, 15) is 10.1 Å². The van der Waals surface area contributed by atoms with E-state index in [1.807, 2.05) is 12.1 Å². The first-order chi connectivity index (χ1) is 12.6. The standard InChI is InChI=1S/C16H13N9O/c1-9-10(6-17)14-21-12-4-2-3-5-13(12)25(14)15(26)11(9)7-19-22-16-23-20-8-24(16)18/h2-5,7-8,19H,18H2,1H3,(H,22,23)/b11-7+. The molecule has 3 heterocycles. The second kappa shape index (κ2) is 5.75. The number of pyridine rings is 1. The Morgan fingerprint density at radius 1 is 1.35 bits per heavy atom. The Labute approximate surface area is 146 Å². The van der Waals surface area contributed by atoms with Crippen molar-refractivity contribution in [3.63, 3.8) is 0 Å². The van der Waals surface area contributed by atoms with Gasteiger partial charge in [0.15, 0.2) is 5.65 Å². The molecule has 26 heavy (non-hydrogen) atoms. The Balaban J connectivity index is 1.93. The van der Waals surface area contributed by atoms with Crippen LogP contribution in [0.15, 0.2) is 35.4 Å². The number of nitrogen functional groups attached to an aromatic ring is 1. The van der Waals surface area contributed by atoms with Crippen LogP contribution in [0.25, 0.3) is 22.9 Å². The molecule has 0 aliphatic heterocycles. The summed E-state index contributed by atoms with van der Waals surface area (Å²) in [6.07, 6.45) is 2.78. The lowest BCUT2D eigenvalue weighted by Gasteiger charge is -2.05. The minimum atomic E-state index is -0.284. The molecular weight excluding hydrogens is 334 g/mol. The molecule has 0 unspecified atom stereocenters. The number of fused-ring (bicyclic) bond motifs is 3. The summed E-state index contributed by atoms with van der Waals surface area (Å²) in [5.74, 6) is 5.87. The molecule has 1 aromatic carbocycles. The summed E-state index contributed by atoms with van der Waals surface area (Å²) in [6.45, 7) is 1.71. The predicted octanol–water partition coefficient (Wildman–Crippen LogP) is -0.593. The number of imidazole rings is 1. The normalized spacial score (nSPS) is 11.8. The lowest BCUT2D eigenvalue weighted by Crippen LogP contribution is -2.37. The average Bonchev–Trinajstić information content (AvgIpc) is 3.22. The number of nitrogens with one attached hydrogen (secondary N) is 2. The Kier molecular flexibility index (Phi) is 3.40. The largest absolute Gasteiger partial charge is 0.335 e. The Morgan fingerprint density at radius 3 is 2.88 bits per heavy atom. The van der Waals surface area contributed by atoms with Gasteiger partial charge in [-0.15, -0.1) is 10.2 Å². The summed E-state index contributed by atoms with van der Waals surface area (Å²) in [5, 5.41) is 17.3. The van der Waals surface area contributed by atoms with Gasteiger partial charge in [-0.2, -0.15) is 5.26 Å². The molecule has 0 bridgehead atoms. The highest BCUT2D eigenvalue weighted by Gasteiger charge is 2.15. The number of rotatable bonds is 3. The fourth-order valence-electron chi connectivity index (χ4n) is 2.79. The molecule has 0 saturated heterocycles. The van der Waals surface area contributed by atoms with Gasteiger partial charge in [-0.25, -0.2) is 9.66 Å². The summed E-state index contributed by atoms with van der Waals surface area (Å²) >= 11 is 0. The number of hydrogen-bond acceptors (Lipinski definition) is 8. The Bertz CT molecular complexity index is 1300. The van der Waals surface area contributed by atoms with E-state index in [1.54, 1.807) is 19.1 Å². The van der Waals surface area contributed by atoms with Crippen LogP contribution in [0, 0.1) is 18.3 Å². The van der Waals surface area contributed by atoms with Crippen LogP contribution >= 0.6 is 0 Å². The van der Waals surface area contributed by atoms with Crippen LogP contribution in [-0.2, 0) is 0 Å². The second-order valence-corrected chi connectivity index (χ2v) is 5.57. The molecule has 0 aliphatic carbocycles. The summed E-state index contributed by atoms with van der Waals surface area (Å²) < 4.78 is 2.62. The number of benzene rings is 1. The van der Waals surface area contributed by atoms with E-state index < -0.39 is 0 Å². The van der Waals surface area contributed by atoms with Gasteiger partial charge in [-0.3, -0.25) is 14.6 Å². The van der Waals surface area contributed by atoms with Crippen LogP contribution in [0.1, 0.15) is 11.1 Å². The zero-order valence-electron chi connectivity index (χ0n) is 13.6. The van der Waals surface area contributed by atoms with Crippen LogP contribution in [-0.4, -0.2) is 24.3 Å². The molecule has 3 aromatic heterocycles. The number of aromatic nitrogens is 5. The van der Waals surface area contributed by atoms with Crippen molar-refractivity contribution in [2.24, 2.45) is 0 Å². The number of nitrogens with zero attached hydrogens (tertiary/aromatic N) is 6. The van der Waals surface area contributed by atoms with Crippen LogP contribution in [0.2, 0.25) is 0 Å². The van der Waals surface area contributed by atoms with E-state index in [0.29, 0.717) is 33.0 Å². The maximum atomic E-state index is 13.0. The van der Waals surface area contributed by atoms with Gasteiger partial charge in [0, 0.05) is 6.20 Å². The van der Waals surface area contributed by atoms with Gasteiger partial charge in [-0.05, 0) is 24.6 Å². The minimum Gasteiger partial charge on any atom is -0.335 e. The molecule has 0 radical (unpaired) electrons. The Hall–Kier alpha value is -4.13. The maximum absolute atomic E-state index is 13.0. The van der Waals surface area contributed by atoms with Gasteiger partial charge in [0.2, 0.25) is 0 Å². The third-order valence-corrected chi connectivity index (χ3v) is 4.08. The molecule has 0 saturated carbocycles. The molecule has 0 atom stereocenters. The molecule has 0 amide bonds. The highest BCUT2D eigenvalue weighted by Crippen LogP contribution is 2.17. The average molecular weight is 347 g/mol. The first-order valence-electron chi connectivity index (χ1n) is 7.62. The first kappa shape index (κ1) is 15.4. The third-order valence-electron chi connectivity index (χ3n) is 4.08. The molecule has 10 heteroatoms. The van der Waals surface area contributed by atoms with E-state index in [0.717, 1.165) is 0 Å². The van der Waals surface area contributed by atoms with Crippen LogP contribution in [0.3, 0.4) is 0 Å². The van der Waals surface area contributed by atoms with Gasteiger partial charge in [0.05, 0.1) is 21.8 Å². The number of para-hydroxylation sites is 2. The zero-order valence-corrected chi connectivity index (χ0v) is 13.6. The summed E-state index contributed by atoms with van der Waals surface area (Å²) in [7, 11) is 0. The Morgan fingerprint density at radius 2 is 2.15 bits per heavy atom. The van der Waals surface area contributed by atoms with Gasteiger partial charge in [0.25, 0.3) is 11.5 Å². The van der Waals surface area contributed by atoms with Crippen LogP contribution in [0.5, 0.6) is 0 Å². The van der Waals surface area contributed by atoms with Crippen LogP contribution in [0.4, 0.5) is 5.95 Å². The lowest BCUT2D eigenvalue weighted by molar-refractivity contribution is 0.948. The molecule has 0 fully saturated rings. The van der Waals surface area contributed by atoms with Crippen molar-refractivity contribution >= 4 is 28.8 Å². The van der Waals surface area contributed by atoms with E-state index >= 15 is 0 Å². The van der Waals surface area contributed by atoms with Crippen molar-refractivity contribution in [1.29, 1.82) is 5.26 Å². The highest BCUT2D eigenvalue weighted by molar-refractivity contribution is 5.82. The van der Waals surface area contributed by atoms with Crippen molar-refractivity contribution in [1.82, 2.24) is 29.7 Å². The summed E-state index contributed by atoms with van der Waals surface area (Å²) in [5.41, 5.74) is 7.73. The van der Waals surface area contributed by atoms with Crippen molar-refractivity contribution < 1.29 is 0 Å². The number of hydrazine groups is 1. The van der Waals surface area contributed by atoms with Crippen molar-refractivity contribution in [2.45, 2.75) is 6.92 Å². The van der Waals surface area contributed by atoms with Gasteiger partial charge in [-0.1, -0.05) is 12.1 Å². The van der Waals surface area contributed by atoms with E-state index in [4.69, 9.17) is 5.84 Å². The van der Waals surface area contributed by atoms with E-state index in [1.165, 1.54) is 21.6 Å². The number of nitrogens with two attached hydrogens (primary N) is 1. The molecule has 10 nitrogen and oxygen atoms in total. The van der Waals surface area contributed by atoms with Crippen LogP contribution < -0.4 is 27.5 Å². The number of hydrogen-bond donors (Lipinski definition) is 3. The number of nitriles is 1. The zero-order chi connectivity index (χ0) is 18.3. The van der Waals surface area contributed by atoms with Gasteiger partial charge < -0.3 is 11.3 Å². The molecule has 128 valence electrons. The number of anilines is 1. The quantitative estimate of drug-likeness (QED) is 0.330. The fourth-order valence-corrected chi connectivity index (χ4v) is 2.79. The van der Waals surface area contributed by atoms with Crippen molar-refractivity contribution in [3.8, 4) is 6.07 Å².